The van der Waals surface area contributed by atoms with Crippen LogP contribution < -0.4 is 21.5 Å². The van der Waals surface area contributed by atoms with Crippen molar-refractivity contribution in [1.82, 2.24) is 26.4 Å². The van der Waals surface area contributed by atoms with Crippen LogP contribution in [0.2, 0.25) is 0 Å². The highest BCUT2D eigenvalue weighted by Crippen LogP contribution is 2.07. The molecule has 130 valence electrons. The van der Waals surface area contributed by atoms with Crippen molar-refractivity contribution in [3.8, 4) is 0 Å². The van der Waals surface area contributed by atoms with Gasteiger partial charge in [-0.15, -0.1) is 0 Å². The number of hydrogen-bond donors (Lipinski definition) is 4. The summed E-state index contributed by atoms with van der Waals surface area (Å²) in [7, 11) is 1.73. The average Bonchev–Trinajstić information content (AvgIpc) is 2.58. The summed E-state index contributed by atoms with van der Waals surface area (Å²) in [4.78, 5) is 2.46. The second-order valence-corrected chi connectivity index (χ2v) is 6.17. The Morgan fingerprint density at radius 1 is 0.957 bits per heavy atom. The number of rotatable bonds is 6. The lowest BCUT2D eigenvalue weighted by Crippen LogP contribution is -2.40. The van der Waals surface area contributed by atoms with Crippen molar-refractivity contribution in [2.45, 2.75) is 33.1 Å². The van der Waals surface area contributed by atoms with Gasteiger partial charge in [-0.2, -0.15) is 10.2 Å². The van der Waals surface area contributed by atoms with Crippen LogP contribution in [0.3, 0.4) is 0 Å². The molecule has 0 aromatic rings. The fraction of sp³-hybridized carbons (Fsp3) is 0.714. The molecule has 9 heteroatoms. The summed E-state index contributed by atoms with van der Waals surface area (Å²) >= 11 is 10.2. The van der Waals surface area contributed by atoms with Crippen molar-refractivity contribution >= 4 is 46.1 Å². The molecule has 0 saturated carbocycles. The second-order valence-electron chi connectivity index (χ2n) is 5.36. The lowest BCUT2D eigenvalue weighted by Gasteiger charge is -2.26. The number of hydrogen-bond acceptors (Lipinski definition) is 5. The summed E-state index contributed by atoms with van der Waals surface area (Å²) in [6.07, 6.45) is 3.96. The molecule has 0 aromatic carbocycles. The molecule has 1 heterocycles. The first-order chi connectivity index (χ1) is 11.0. The number of hydrazone groups is 2. The van der Waals surface area contributed by atoms with Crippen LogP contribution in [0.4, 0.5) is 0 Å². The third-order valence-electron chi connectivity index (χ3n) is 3.56. The van der Waals surface area contributed by atoms with E-state index >= 15 is 0 Å². The Balaban J connectivity index is 2.25. The van der Waals surface area contributed by atoms with Crippen LogP contribution in [0, 0.1) is 0 Å². The topological polar surface area (TPSA) is 76.1 Å². The van der Waals surface area contributed by atoms with Crippen molar-refractivity contribution in [1.29, 1.82) is 0 Å². The van der Waals surface area contributed by atoms with E-state index in [0.717, 1.165) is 24.5 Å². The Morgan fingerprint density at radius 2 is 1.52 bits per heavy atom. The van der Waals surface area contributed by atoms with Gasteiger partial charge in [0.05, 0.1) is 11.4 Å². The lowest BCUT2D eigenvalue weighted by atomic mass is 10.1. The van der Waals surface area contributed by atoms with Crippen LogP contribution in [0.15, 0.2) is 10.2 Å². The van der Waals surface area contributed by atoms with Crippen LogP contribution in [0.1, 0.15) is 33.1 Å². The van der Waals surface area contributed by atoms with E-state index in [0.29, 0.717) is 10.2 Å². The maximum atomic E-state index is 5.22. The molecule has 0 radical (unpaired) electrons. The summed E-state index contributed by atoms with van der Waals surface area (Å²) in [5.74, 6) is 0. The molecule has 1 aliphatic heterocycles. The molecule has 0 spiro atoms. The SMILES string of the molecule is CNC(=S)N/N=C(C)/C(C)=N/NC(=S)NCCN1CCCCC1. The van der Waals surface area contributed by atoms with Gasteiger partial charge in [0, 0.05) is 20.1 Å². The van der Waals surface area contributed by atoms with E-state index in [1.807, 2.05) is 13.8 Å². The van der Waals surface area contributed by atoms with E-state index in [1.54, 1.807) is 7.05 Å². The fourth-order valence-corrected chi connectivity index (χ4v) is 2.23. The van der Waals surface area contributed by atoms with Gasteiger partial charge in [0.15, 0.2) is 10.2 Å². The van der Waals surface area contributed by atoms with Crippen molar-refractivity contribution < 1.29 is 0 Å². The van der Waals surface area contributed by atoms with Gasteiger partial charge in [0.1, 0.15) is 0 Å². The molecule has 0 bridgehead atoms. The molecule has 0 atom stereocenters. The van der Waals surface area contributed by atoms with Crippen molar-refractivity contribution in [3.05, 3.63) is 0 Å². The molecule has 0 aromatic heterocycles. The minimum atomic E-state index is 0.458. The van der Waals surface area contributed by atoms with Gasteiger partial charge in [-0.1, -0.05) is 6.42 Å². The second kappa shape index (κ2) is 11.3. The van der Waals surface area contributed by atoms with Gasteiger partial charge >= 0.3 is 0 Å². The van der Waals surface area contributed by atoms with Crippen molar-refractivity contribution in [2.75, 3.05) is 33.2 Å². The number of likely N-dealkylation sites (tertiary alicyclic amines) is 1. The number of nitrogens with zero attached hydrogens (tertiary/aromatic N) is 3. The molecule has 4 N–H and O–H groups in total. The zero-order valence-corrected chi connectivity index (χ0v) is 15.7. The molecule has 1 aliphatic rings. The molecule has 1 fully saturated rings. The Bertz CT molecular complexity index is 456. The zero-order valence-electron chi connectivity index (χ0n) is 14.1. The van der Waals surface area contributed by atoms with Gasteiger partial charge < -0.3 is 15.5 Å². The summed E-state index contributed by atoms with van der Waals surface area (Å²) < 4.78 is 0. The highest BCUT2D eigenvalue weighted by Gasteiger charge is 2.09. The number of thiocarbonyl (C=S) groups is 2. The maximum Gasteiger partial charge on any atom is 0.187 e. The molecule has 0 aliphatic carbocycles. The minimum Gasteiger partial charge on any atom is -0.364 e. The summed E-state index contributed by atoms with van der Waals surface area (Å²) in [5.41, 5.74) is 7.01. The lowest BCUT2D eigenvalue weighted by molar-refractivity contribution is 0.232. The highest BCUT2D eigenvalue weighted by atomic mass is 32.1. The van der Waals surface area contributed by atoms with Crippen LogP contribution in [0.25, 0.3) is 0 Å². The first kappa shape index (κ1) is 19.7. The fourth-order valence-electron chi connectivity index (χ4n) is 2.04. The van der Waals surface area contributed by atoms with Crippen molar-refractivity contribution in [2.24, 2.45) is 10.2 Å². The third-order valence-corrected chi connectivity index (χ3v) is 4.09. The Hall–Kier alpha value is -1.32. The number of piperidine rings is 1. The Kier molecular flexibility index (Phi) is 9.65. The average molecular weight is 358 g/mol. The third kappa shape index (κ3) is 8.77. The van der Waals surface area contributed by atoms with Crippen LogP contribution >= 0.6 is 24.4 Å². The predicted molar refractivity (Wildman–Crippen MR) is 105 cm³/mol. The molecule has 1 rings (SSSR count). The van der Waals surface area contributed by atoms with Crippen LogP contribution in [0.5, 0.6) is 0 Å². The van der Waals surface area contributed by atoms with Crippen molar-refractivity contribution in [3.63, 3.8) is 0 Å². The van der Waals surface area contributed by atoms with Gasteiger partial charge in [0.2, 0.25) is 0 Å². The smallest absolute Gasteiger partial charge is 0.187 e. The molecule has 1 saturated heterocycles. The van der Waals surface area contributed by atoms with E-state index in [-0.39, 0.29) is 0 Å². The van der Waals surface area contributed by atoms with E-state index in [4.69, 9.17) is 24.4 Å². The molecule has 23 heavy (non-hydrogen) atoms. The summed E-state index contributed by atoms with van der Waals surface area (Å²) in [6.45, 7) is 7.92. The van der Waals surface area contributed by atoms with Gasteiger partial charge in [-0.05, 0) is 64.2 Å². The maximum absolute atomic E-state index is 5.22. The summed E-state index contributed by atoms with van der Waals surface area (Å²) in [5, 5.41) is 15.3. The van der Waals surface area contributed by atoms with E-state index in [2.05, 4.69) is 36.6 Å². The Labute approximate surface area is 149 Å². The molecule has 7 nitrogen and oxygen atoms in total. The van der Waals surface area contributed by atoms with E-state index in [1.165, 1.54) is 32.4 Å². The van der Waals surface area contributed by atoms with E-state index in [9.17, 15) is 0 Å². The van der Waals surface area contributed by atoms with E-state index < -0.39 is 0 Å². The standard InChI is InChI=1S/C14H27N7S2/c1-11(17-19-13(22)15-3)12(2)18-20-14(23)16-7-10-21-8-5-4-6-9-21/h4-10H2,1-3H3,(H2,15,19,22)(H2,16,20,23)/b17-11+,18-12+. The molecular formula is C14H27N7S2. The minimum absolute atomic E-state index is 0.458. The summed E-state index contributed by atoms with van der Waals surface area (Å²) in [6, 6.07) is 0. The first-order valence-electron chi connectivity index (χ1n) is 7.85. The van der Waals surface area contributed by atoms with Crippen LogP contribution in [-0.4, -0.2) is 59.8 Å². The largest absolute Gasteiger partial charge is 0.364 e. The van der Waals surface area contributed by atoms with Gasteiger partial charge in [-0.3, -0.25) is 10.9 Å². The number of nitrogens with one attached hydrogen (secondary N) is 4. The van der Waals surface area contributed by atoms with Gasteiger partial charge in [0.25, 0.3) is 0 Å². The van der Waals surface area contributed by atoms with Crippen LogP contribution in [-0.2, 0) is 0 Å². The normalized spacial score (nSPS) is 16.7. The highest BCUT2D eigenvalue weighted by molar-refractivity contribution is 7.80. The van der Waals surface area contributed by atoms with Gasteiger partial charge in [-0.25, -0.2) is 0 Å². The quantitative estimate of drug-likeness (QED) is 0.318. The molecular weight excluding hydrogens is 330 g/mol. The molecule has 0 unspecified atom stereocenters. The zero-order chi connectivity index (χ0) is 17.1. The first-order valence-corrected chi connectivity index (χ1v) is 8.67. The monoisotopic (exact) mass is 357 g/mol. The Morgan fingerprint density at radius 3 is 2.09 bits per heavy atom. The predicted octanol–water partition coefficient (Wildman–Crippen LogP) is 0.782. The molecule has 0 amide bonds.